The first-order chi connectivity index (χ1) is 31.5. The lowest BCUT2D eigenvalue weighted by atomic mass is 9.89. The molecule has 2 saturated heterocycles. The number of rotatable bonds is 18. The number of thiazole rings is 2. The number of amides is 1. The van der Waals surface area contributed by atoms with Gasteiger partial charge in [-0.1, -0.05) is 98.6 Å². The van der Waals surface area contributed by atoms with Crippen LogP contribution in [-0.4, -0.2) is 100 Å². The Hall–Kier alpha value is -5.05. The summed E-state index contributed by atoms with van der Waals surface area (Å²) in [6, 6.07) is 16.8. The minimum Gasteiger partial charge on any atom is -0.444 e. The van der Waals surface area contributed by atoms with Gasteiger partial charge in [0.1, 0.15) is 5.60 Å². The summed E-state index contributed by atoms with van der Waals surface area (Å²) < 4.78 is 5.49. The summed E-state index contributed by atoms with van der Waals surface area (Å²) in [5, 5.41) is 7.72. The number of hydrogen-bond acceptors (Lipinski definition) is 11. The van der Waals surface area contributed by atoms with Crippen LogP contribution in [0.15, 0.2) is 73.3 Å². The first kappa shape index (κ1) is 47.9. The molecule has 0 bridgehead atoms. The predicted molar refractivity (Wildman–Crippen MR) is 267 cm³/mol. The number of aromatic nitrogens is 4. The van der Waals surface area contributed by atoms with Gasteiger partial charge in [-0.05, 0) is 81.5 Å². The molecule has 6 heterocycles. The van der Waals surface area contributed by atoms with E-state index in [4.69, 9.17) is 4.74 Å². The fourth-order valence-corrected chi connectivity index (χ4v) is 10.7. The van der Waals surface area contributed by atoms with Crippen molar-refractivity contribution in [1.29, 1.82) is 0 Å². The molecule has 1 amide bonds. The largest absolute Gasteiger partial charge is 0.444 e. The number of fused-ring (bicyclic) bond motifs is 2. The number of H-pyrrole nitrogens is 2. The van der Waals surface area contributed by atoms with Crippen LogP contribution in [0.2, 0.25) is 0 Å². The average Bonchev–Trinajstić information content (AvgIpc) is 4.15. The Morgan fingerprint density at radius 3 is 1.60 bits per heavy atom. The average molecular weight is 921 g/mol. The van der Waals surface area contributed by atoms with E-state index in [1.54, 1.807) is 28.6 Å². The smallest absolute Gasteiger partial charge is 0.410 e. The van der Waals surface area contributed by atoms with Crippen LogP contribution in [0.25, 0.3) is 21.8 Å². The molecule has 2 aromatic carbocycles. The van der Waals surface area contributed by atoms with Gasteiger partial charge in [0.25, 0.3) is 0 Å². The normalized spacial score (nSPS) is 15.5. The van der Waals surface area contributed by atoms with Gasteiger partial charge in [0, 0.05) is 99.4 Å². The van der Waals surface area contributed by atoms with E-state index in [9.17, 15) is 14.4 Å². The minimum atomic E-state index is -0.498. The van der Waals surface area contributed by atoms with Crippen molar-refractivity contribution >= 4 is 72.4 Å². The molecule has 0 radical (unpaired) electrons. The SMILES string of the molecule is CCCCC(CC(=O)c1cnc(N2CCN(C(=O)OC(C)(C)C)CC2)s1)Cc1c[nH]c2ccccc12.CCCCC(CC(=O)c1cnc(N2CCNCC2)s1)Cc1c[nH]c2ccccc12. The van der Waals surface area contributed by atoms with E-state index < -0.39 is 5.60 Å². The second kappa shape index (κ2) is 22.9. The van der Waals surface area contributed by atoms with Crippen molar-refractivity contribution in [3.05, 3.63) is 94.2 Å². The van der Waals surface area contributed by atoms with E-state index in [1.165, 1.54) is 38.8 Å². The van der Waals surface area contributed by atoms with Crippen molar-refractivity contribution in [3.63, 3.8) is 0 Å². The zero-order valence-electron chi connectivity index (χ0n) is 39.0. The summed E-state index contributed by atoms with van der Waals surface area (Å²) in [6.45, 7) is 16.5. The quantitative estimate of drug-likeness (QED) is 0.0719. The van der Waals surface area contributed by atoms with E-state index >= 15 is 0 Å². The van der Waals surface area contributed by atoms with E-state index in [0.717, 1.165) is 103 Å². The number of carbonyl (C=O) groups excluding carboxylic acids is 3. The number of piperazine rings is 2. The summed E-state index contributed by atoms with van der Waals surface area (Å²) >= 11 is 3.02. The Bertz CT molecular complexity index is 2450. The molecule has 12 nitrogen and oxygen atoms in total. The molecule has 0 saturated carbocycles. The maximum Gasteiger partial charge on any atom is 0.410 e. The van der Waals surface area contributed by atoms with Crippen LogP contribution in [0.3, 0.4) is 0 Å². The van der Waals surface area contributed by atoms with Crippen LogP contribution in [0.1, 0.15) is 116 Å². The highest BCUT2D eigenvalue weighted by atomic mass is 32.1. The molecule has 0 aliphatic carbocycles. The standard InChI is InChI=1S/C28H38N4O3S.C23H30N4OS/c1-5-6-9-20(16-21-18-29-23-11-8-7-10-22(21)23)17-24(33)25-19-30-26(36-25)31-12-14-32(15-13-31)27(34)35-28(2,3)4;1-2-3-6-17(13-18-15-25-20-8-5-4-7-19(18)20)14-21(28)22-16-26-23(29-22)27-11-9-24-10-12-27/h7-8,10-11,18-20,29H,5-6,9,12-17H2,1-4H3;4-5,7-8,15-17,24-25H,2-3,6,9-14H2,1H3. The van der Waals surface area contributed by atoms with E-state index in [2.05, 4.69) is 104 Å². The second-order valence-corrected chi connectivity index (χ2v) is 20.6. The second-order valence-electron chi connectivity index (χ2n) is 18.6. The zero-order chi connectivity index (χ0) is 45.8. The Balaban J connectivity index is 0.000000198. The third kappa shape index (κ3) is 13.3. The lowest BCUT2D eigenvalue weighted by molar-refractivity contribution is 0.0240. The number of carbonyl (C=O) groups is 3. The Morgan fingerprint density at radius 2 is 1.14 bits per heavy atom. The maximum atomic E-state index is 13.3. The molecule has 65 heavy (non-hydrogen) atoms. The van der Waals surface area contributed by atoms with Gasteiger partial charge >= 0.3 is 6.09 Å². The summed E-state index contributed by atoms with van der Waals surface area (Å²) in [6.07, 6.45) is 17.1. The zero-order valence-corrected chi connectivity index (χ0v) is 40.6. The Kier molecular flexibility index (Phi) is 16.9. The van der Waals surface area contributed by atoms with Crippen LogP contribution < -0.4 is 15.1 Å². The Morgan fingerprint density at radius 1 is 0.677 bits per heavy atom. The summed E-state index contributed by atoms with van der Waals surface area (Å²) in [7, 11) is 0. The van der Waals surface area contributed by atoms with E-state index in [0.29, 0.717) is 50.9 Å². The summed E-state index contributed by atoms with van der Waals surface area (Å²) in [5.41, 5.74) is 4.42. The van der Waals surface area contributed by atoms with Crippen molar-refractivity contribution in [2.75, 3.05) is 62.2 Å². The van der Waals surface area contributed by atoms with E-state index in [1.807, 2.05) is 26.8 Å². The van der Waals surface area contributed by atoms with Gasteiger partial charge in [-0.15, -0.1) is 0 Å². The predicted octanol–water partition coefficient (Wildman–Crippen LogP) is 11.0. The number of nitrogens with one attached hydrogen (secondary N) is 3. The van der Waals surface area contributed by atoms with Gasteiger partial charge in [0.2, 0.25) is 0 Å². The highest BCUT2D eigenvalue weighted by Gasteiger charge is 2.28. The summed E-state index contributed by atoms with van der Waals surface area (Å²) in [5.74, 6) is 1.09. The molecule has 2 fully saturated rings. The van der Waals surface area contributed by atoms with Gasteiger partial charge < -0.3 is 34.7 Å². The van der Waals surface area contributed by atoms with Gasteiger partial charge in [0.05, 0.1) is 22.1 Å². The Labute approximate surface area is 392 Å². The van der Waals surface area contributed by atoms with Gasteiger partial charge in [-0.2, -0.15) is 0 Å². The number of benzene rings is 2. The lowest BCUT2D eigenvalue weighted by Crippen LogP contribution is -2.50. The maximum absolute atomic E-state index is 13.3. The van der Waals surface area contributed by atoms with Crippen molar-refractivity contribution in [2.45, 2.75) is 104 Å². The molecule has 2 atom stereocenters. The molecule has 2 aliphatic rings. The van der Waals surface area contributed by atoms with Crippen LogP contribution in [-0.2, 0) is 17.6 Å². The number of anilines is 2. The number of ether oxygens (including phenoxy) is 1. The molecule has 6 aromatic rings. The molecular weight excluding hydrogens is 853 g/mol. The van der Waals surface area contributed by atoms with Gasteiger partial charge in [-0.25, -0.2) is 14.8 Å². The molecule has 4 aromatic heterocycles. The molecule has 3 N–H and O–H groups in total. The third-order valence-electron chi connectivity index (χ3n) is 12.4. The molecule has 348 valence electrons. The van der Waals surface area contributed by atoms with Crippen molar-refractivity contribution in [2.24, 2.45) is 11.8 Å². The third-order valence-corrected chi connectivity index (χ3v) is 14.6. The lowest BCUT2D eigenvalue weighted by Gasteiger charge is -2.35. The topological polar surface area (TPSA) is 140 Å². The fraction of sp³-hybridized carbons (Fsp3) is 0.510. The van der Waals surface area contributed by atoms with Crippen LogP contribution >= 0.6 is 22.7 Å². The molecule has 2 aliphatic heterocycles. The number of para-hydroxylation sites is 2. The molecule has 0 spiro atoms. The number of aromatic amines is 2. The van der Waals surface area contributed by atoms with Crippen LogP contribution in [0.5, 0.6) is 0 Å². The highest BCUT2D eigenvalue weighted by molar-refractivity contribution is 7.17. The van der Waals surface area contributed by atoms with Gasteiger partial charge in [-0.3, -0.25) is 9.59 Å². The minimum absolute atomic E-state index is 0.173. The molecule has 2 unspecified atom stereocenters. The van der Waals surface area contributed by atoms with E-state index in [-0.39, 0.29) is 17.7 Å². The van der Waals surface area contributed by atoms with Crippen LogP contribution in [0.4, 0.5) is 15.1 Å². The molecular formula is C51H68N8O4S2. The van der Waals surface area contributed by atoms with Crippen molar-refractivity contribution in [3.8, 4) is 0 Å². The fourth-order valence-electron chi connectivity index (χ4n) is 8.83. The highest BCUT2D eigenvalue weighted by Crippen LogP contribution is 2.31. The monoisotopic (exact) mass is 920 g/mol. The van der Waals surface area contributed by atoms with Crippen molar-refractivity contribution < 1.29 is 19.1 Å². The number of Topliss-reactive ketones (excluding diaryl/α,β-unsaturated/α-hetero) is 2. The molecule has 8 rings (SSSR count). The number of unbranched alkanes of at least 4 members (excludes halogenated alkanes) is 2. The first-order valence-corrected chi connectivity index (χ1v) is 25.4. The number of ketones is 2. The first-order valence-electron chi connectivity index (χ1n) is 23.7. The molecule has 14 heteroatoms. The number of nitrogens with zero attached hydrogens (tertiary/aromatic N) is 5. The van der Waals surface area contributed by atoms with Crippen LogP contribution in [0, 0.1) is 11.8 Å². The van der Waals surface area contributed by atoms with Crippen molar-refractivity contribution in [1.82, 2.24) is 30.2 Å². The van der Waals surface area contributed by atoms with Gasteiger partial charge in [0.15, 0.2) is 21.8 Å². The summed E-state index contributed by atoms with van der Waals surface area (Å²) in [4.78, 5) is 62.2. The number of hydrogen-bond donors (Lipinski definition) is 3.